The number of benzene rings is 4. The van der Waals surface area contributed by atoms with E-state index in [1.807, 2.05) is 6.07 Å². The molecule has 1 N–H and O–H groups in total. The summed E-state index contributed by atoms with van der Waals surface area (Å²) in [4.78, 5) is 2.28. The molecule has 0 amide bonds. The van der Waals surface area contributed by atoms with Gasteiger partial charge in [0.1, 0.15) is 11.4 Å². The Labute approximate surface area is 344 Å². The Balaban J connectivity index is 1.45. The molecule has 0 aliphatic heterocycles. The lowest BCUT2D eigenvalue weighted by molar-refractivity contribution is -0.439. The maximum absolute atomic E-state index is 12.8. The maximum atomic E-state index is 12.8. The van der Waals surface area contributed by atoms with Crippen molar-refractivity contribution < 1.29 is 17.5 Å². The lowest BCUT2D eigenvalue weighted by Gasteiger charge is -2.26. The first-order valence-electron chi connectivity index (χ1n) is 21.7. The van der Waals surface area contributed by atoms with Crippen molar-refractivity contribution >= 4 is 38.5 Å². The molecule has 0 heterocycles. The maximum Gasteiger partial charge on any atom is 0.295 e. The van der Waals surface area contributed by atoms with E-state index in [-0.39, 0.29) is 4.90 Å². The van der Waals surface area contributed by atoms with Crippen LogP contribution in [-0.4, -0.2) is 36.3 Å². The van der Waals surface area contributed by atoms with E-state index in [2.05, 4.69) is 133 Å². The fraction of sp³-hybridized carbons (Fsp3) is 0.392. The molecular formula is C51H65N2O3S+. The molecule has 0 radical (unpaired) electrons. The SMILES string of the molecule is CCCCCCCCCCN(c1ccccc1)c1ccc(C(=C2C=CC(=[N+](CCCCCCCCCC)c3ccccc3)C=C2)c2ccccc2S(=O)(=O)O)cc1. The summed E-state index contributed by atoms with van der Waals surface area (Å²) < 4.78 is 38.3. The highest BCUT2D eigenvalue weighted by Crippen LogP contribution is 2.36. The predicted octanol–water partition coefficient (Wildman–Crippen LogP) is 14.1. The third kappa shape index (κ3) is 13.5. The number of nitrogens with zero attached hydrogens (tertiary/aromatic N) is 2. The molecule has 0 fully saturated rings. The van der Waals surface area contributed by atoms with E-state index < -0.39 is 10.1 Å². The fourth-order valence-electron chi connectivity index (χ4n) is 7.83. The van der Waals surface area contributed by atoms with Gasteiger partial charge in [-0.3, -0.25) is 4.55 Å². The van der Waals surface area contributed by atoms with Gasteiger partial charge in [-0.15, -0.1) is 0 Å². The summed E-state index contributed by atoms with van der Waals surface area (Å²) in [5, 5.41) is 0. The zero-order valence-corrected chi connectivity index (χ0v) is 35.3. The first-order valence-corrected chi connectivity index (χ1v) is 23.1. The van der Waals surface area contributed by atoms with Gasteiger partial charge in [-0.25, -0.2) is 0 Å². The van der Waals surface area contributed by atoms with E-state index in [4.69, 9.17) is 0 Å². The Morgan fingerprint density at radius 3 is 1.61 bits per heavy atom. The predicted molar refractivity (Wildman–Crippen MR) is 242 cm³/mol. The average molecular weight is 786 g/mol. The Bertz CT molecular complexity index is 2010. The molecule has 0 atom stereocenters. The number of unbranched alkanes of at least 4 members (excludes halogenated alkanes) is 14. The highest BCUT2D eigenvalue weighted by Gasteiger charge is 2.23. The van der Waals surface area contributed by atoms with Crippen molar-refractivity contribution in [1.82, 2.24) is 0 Å². The minimum absolute atomic E-state index is 0.102. The van der Waals surface area contributed by atoms with Crippen LogP contribution in [0.25, 0.3) is 5.57 Å². The van der Waals surface area contributed by atoms with E-state index >= 15 is 0 Å². The van der Waals surface area contributed by atoms with Crippen LogP contribution in [0.15, 0.2) is 144 Å². The number of para-hydroxylation sites is 2. The zero-order chi connectivity index (χ0) is 40.1. The van der Waals surface area contributed by atoms with Gasteiger partial charge < -0.3 is 4.90 Å². The van der Waals surface area contributed by atoms with Gasteiger partial charge in [0.05, 0.1) is 0 Å². The molecule has 6 heteroatoms. The normalized spacial score (nSPS) is 12.6. The molecule has 0 bridgehead atoms. The first-order chi connectivity index (χ1) is 27.9. The van der Waals surface area contributed by atoms with Crippen LogP contribution in [-0.2, 0) is 10.1 Å². The van der Waals surface area contributed by atoms with Crippen LogP contribution in [0, 0.1) is 0 Å². The van der Waals surface area contributed by atoms with Gasteiger partial charge in [-0.05, 0) is 72.0 Å². The minimum Gasteiger partial charge on any atom is -0.341 e. The quantitative estimate of drug-likeness (QED) is 0.0437. The molecule has 4 aromatic rings. The highest BCUT2D eigenvalue weighted by molar-refractivity contribution is 7.86. The van der Waals surface area contributed by atoms with Crippen LogP contribution in [0.4, 0.5) is 17.1 Å². The third-order valence-electron chi connectivity index (χ3n) is 11.0. The van der Waals surface area contributed by atoms with Gasteiger partial charge in [0.25, 0.3) is 10.1 Å². The number of rotatable bonds is 24. The van der Waals surface area contributed by atoms with Crippen LogP contribution in [0.3, 0.4) is 0 Å². The summed E-state index contributed by atoms with van der Waals surface area (Å²) in [5.74, 6) is 0. The molecule has 0 unspecified atom stereocenters. The summed E-state index contributed by atoms with van der Waals surface area (Å²) in [6.07, 6.45) is 28.7. The van der Waals surface area contributed by atoms with Gasteiger partial charge in [-0.1, -0.05) is 164 Å². The lowest BCUT2D eigenvalue weighted by atomic mass is 9.90. The van der Waals surface area contributed by atoms with E-state index in [9.17, 15) is 13.0 Å². The second kappa shape index (κ2) is 23.6. The van der Waals surface area contributed by atoms with E-state index in [1.165, 1.54) is 96.0 Å². The first kappa shape index (κ1) is 43.6. The molecule has 4 aromatic carbocycles. The van der Waals surface area contributed by atoms with Crippen molar-refractivity contribution in [3.63, 3.8) is 0 Å². The Morgan fingerprint density at radius 1 is 0.544 bits per heavy atom. The van der Waals surface area contributed by atoms with E-state index in [0.29, 0.717) is 5.56 Å². The monoisotopic (exact) mass is 785 g/mol. The number of hydrogen-bond acceptors (Lipinski definition) is 3. The summed E-state index contributed by atoms with van der Waals surface area (Å²) in [6, 6.07) is 36.3. The molecule has 57 heavy (non-hydrogen) atoms. The molecule has 5 nitrogen and oxygen atoms in total. The van der Waals surface area contributed by atoms with Crippen molar-refractivity contribution in [2.45, 2.75) is 121 Å². The van der Waals surface area contributed by atoms with Crippen LogP contribution < -0.4 is 4.90 Å². The molecule has 0 saturated heterocycles. The number of hydrogen-bond donors (Lipinski definition) is 1. The van der Waals surface area contributed by atoms with Crippen LogP contribution >= 0.6 is 0 Å². The van der Waals surface area contributed by atoms with Crippen molar-refractivity contribution in [3.8, 4) is 0 Å². The second-order valence-corrected chi connectivity index (χ2v) is 16.8. The van der Waals surface area contributed by atoms with Gasteiger partial charge in [0.2, 0.25) is 11.4 Å². The van der Waals surface area contributed by atoms with Crippen LogP contribution in [0.5, 0.6) is 0 Å². The van der Waals surface area contributed by atoms with Crippen molar-refractivity contribution in [2.24, 2.45) is 0 Å². The summed E-state index contributed by atoms with van der Waals surface area (Å²) >= 11 is 0. The zero-order valence-electron chi connectivity index (χ0n) is 34.5. The van der Waals surface area contributed by atoms with Gasteiger partial charge >= 0.3 is 0 Å². The fourth-order valence-corrected chi connectivity index (χ4v) is 8.53. The molecule has 0 saturated carbocycles. The topological polar surface area (TPSA) is 60.6 Å². The van der Waals surface area contributed by atoms with Crippen LogP contribution in [0.1, 0.15) is 128 Å². The lowest BCUT2D eigenvalue weighted by Crippen LogP contribution is -2.18. The van der Waals surface area contributed by atoms with Gasteiger partial charge in [0.15, 0.2) is 0 Å². The summed E-state index contributed by atoms with van der Waals surface area (Å²) in [6.45, 7) is 6.36. The highest BCUT2D eigenvalue weighted by atomic mass is 32.2. The van der Waals surface area contributed by atoms with Gasteiger partial charge in [-0.2, -0.15) is 13.0 Å². The standard InChI is InChI=1S/C51H64N2O3S/c1-3-5-7-9-11-13-15-25-41-52(45-27-19-17-20-28-45)47-37-33-43(34-38-47)51(49-31-23-24-32-50(49)57(54,55)56)44-35-39-48(40-36-44)53(46-29-21-18-22-30-46)42-26-16-14-12-10-8-6-4-2/h17-24,27-40H,3-16,25-26,41-42H2,1-2H3/p+1. The molecule has 0 aromatic heterocycles. The Kier molecular flexibility index (Phi) is 18.1. The van der Waals surface area contributed by atoms with Crippen LogP contribution in [0.2, 0.25) is 0 Å². The molecule has 5 rings (SSSR count). The van der Waals surface area contributed by atoms with Gasteiger partial charge in [0, 0.05) is 54.2 Å². The van der Waals surface area contributed by atoms with Crippen molar-refractivity contribution in [3.05, 3.63) is 150 Å². The summed E-state index contributed by atoms with van der Waals surface area (Å²) in [5.41, 5.74) is 7.46. The molecule has 1 aliphatic rings. The largest absolute Gasteiger partial charge is 0.341 e. The Morgan fingerprint density at radius 2 is 1.04 bits per heavy atom. The molecule has 302 valence electrons. The third-order valence-corrected chi connectivity index (χ3v) is 11.9. The average Bonchev–Trinajstić information content (AvgIpc) is 3.24. The molecule has 0 spiro atoms. The Hall–Kier alpha value is -4.52. The molecule has 1 aliphatic carbocycles. The van der Waals surface area contributed by atoms with E-state index in [0.717, 1.165) is 65.4 Å². The van der Waals surface area contributed by atoms with Crippen molar-refractivity contribution in [2.75, 3.05) is 18.0 Å². The smallest absolute Gasteiger partial charge is 0.295 e. The second-order valence-electron chi connectivity index (χ2n) is 15.4. The van der Waals surface area contributed by atoms with Crippen molar-refractivity contribution in [1.29, 1.82) is 0 Å². The van der Waals surface area contributed by atoms with E-state index in [1.54, 1.807) is 12.1 Å². The minimum atomic E-state index is -4.49. The number of allylic oxidation sites excluding steroid dienone is 5. The molecular weight excluding hydrogens is 721 g/mol. The number of anilines is 2. The summed E-state index contributed by atoms with van der Waals surface area (Å²) in [7, 11) is -4.49.